The van der Waals surface area contributed by atoms with E-state index in [4.69, 9.17) is 18.9 Å². The lowest BCUT2D eigenvalue weighted by Crippen LogP contribution is -2.18. The summed E-state index contributed by atoms with van der Waals surface area (Å²) in [5.74, 6) is 1.58. The lowest BCUT2D eigenvalue weighted by molar-refractivity contribution is 0.0916. The highest BCUT2D eigenvalue weighted by molar-refractivity contribution is 7.90. The van der Waals surface area contributed by atoms with Gasteiger partial charge in [0.1, 0.15) is 29.1 Å². The van der Waals surface area contributed by atoms with Crippen LogP contribution >= 0.6 is 11.3 Å². The number of anilines is 1. The summed E-state index contributed by atoms with van der Waals surface area (Å²) in [4.78, 5) is 17.7. The Hall–Kier alpha value is -4.86. The van der Waals surface area contributed by atoms with Crippen molar-refractivity contribution in [2.24, 2.45) is 0 Å². The number of nitrogens with one attached hydrogen (secondary N) is 2. The number of aromatic amines is 1. The molecule has 1 amide bonds. The Labute approximate surface area is 250 Å². The molecule has 2 aromatic heterocycles. The summed E-state index contributed by atoms with van der Waals surface area (Å²) in [5.41, 5.74) is 0.964. The van der Waals surface area contributed by atoms with Gasteiger partial charge in [-0.15, -0.1) is 10.2 Å². The third-order valence-electron chi connectivity index (χ3n) is 5.73. The SMILES string of the molecule is COC[C@H](C)Oc1cc(Oc2ccc(S(C)(=O)=O)cc2)cc(C(=O)Nc2ncc(Oc3cccc(-c4nn[nH]n4)c3)s2)c1. The molecule has 5 aromatic rings. The zero-order valence-corrected chi connectivity index (χ0v) is 24.8. The fraction of sp³-hybridized carbons (Fsp3) is 0.179. The van der Waals surface area contributed by atoms with Gasteiger partial charge < -0.3 is 18.9 Å². The lowest BCUT2D eigenvalue weighted by Gasteiger charge is -2.16. The number of carbonyl (C=O) groups is 1. The molecule has 2 heterocycles. The van der Waals surface area contributed by atoms with Gasteiger partial charge in [0.15, 0.2) is 15.0 Å². The number of hydrogen-bond acceptors (Lipinski definition) is 12. The molecule has 0 unspecified atom stereocenters. The van der Waals surface area contributed by atoms with Crippen LogP contribution in [0.15, 0.2) is 77.8 Å². The molecule has 3 aromatic carbocycles. The van der Waals surface area contributed by atoms with Crippen molar-refractivity contribution in [3.8, 4) is 39.4 Å². The second-order valence-electron chi connectivity index (χ2n) is 9.23. The molecule has 0 aliphatic rings. The number of benzene rings is 3. The standard InChI is InChI=1S/C28H26N6O7S2/c1-17(16-38-2)39-22-12-19(13-23(14-22)40-20-7-9-24(10-8-20)43(3,36)37)27(35)30-28-29-15-25(42-28)41-21-6-4-5-18(11-21)26-31-33-34-32-26/h4-15,17H,16H2,1-3H3,(H,29,30,35)(H,31,32,33,34)/t17-/m0/s1. The summed E-state index contributed by atoms with van der Waals surface area (Å²) in [6.07, 6.45) is 2.33. The van der Waals surface area contributed by atoms with E-state index in [2.05, 4.69) is 30.9 Å². The van der Waals surface area contributed by atoms with Crippen molar-refractivity contribution < 1.29 is 32.2 Å². The number of thiazole rings is 1. The first kappa shape index (κ1) is 29.6. The molecule has 0 spiro atoms. The quantitative estimate of drug-likeness (QED) is 0.193. The van der Waals surface area contributed by atoms with Gasteiger partial charge in [-0.05, 0) is 60.7 Å². The molecule has 0 fully saturated rings. The zero-order valence-electron chi connectivity index (χ0n) is 23.2. The molecular weight excluding hydrogens is 596 g/mol. The van der Waals surface area contributed by atoms with Gasteiger partial charge in [0.2, 0.25) is 10.9 Å². The highest BCUT2D eigenvalue weighted by Gasteiger charge is 2.16. The Morgan fingerprint density at radius 1 is 1.00 bits per heavy atom. The maximum Gasteiger partial charge on any atom is 0.257 e. The number of nitrogens with zero attached hydrogens (tertiary/aromatic N) is 4. The predicted octanol–water partition coefficient (Wildman–Crippen LogP) is 4.98. The molecule has 0 saturated heterocycles. The second-order valence-corrected chi connectivity index (χ2v) is 12.2. The van der Waals surface area contributed by atoms with E-state index in [1.54, 1.807) is 43.5 Å². The van der Waals surface area contributed by atoms with Crippen LogP contribution < -0.4 is 19.5 Å². The van der Waals surface area contributed by atoms with Crippen LogP contribution in [0.4, 0.5) is 5.13 Å². The van der Waals surface area contributed by atoms with Crippen LogP contribution in [0.3, 0.4) is 0 Å². The lowest BCUT2D eigenvalue weighted by atomic mass is 10.2. The summed E-state index contributed by atoms with van der Waals surface area (Å²) in [5, 5.41) is 17.4. The van der Waals surface area contributed by atoms with E-state index in [1.807, 2.05) is 13.0 Å². The van der Waals surface area contributed by atoms with Gasteiger partial charge in [-0.2, -0.15) is 5.21 Å². The molecule has 1 atom stereocenters. The van der Waals surface area contributed by atoms with E-state index in [0.717, 1.165) is 23.2 Å². The Kier molecular flexibility index (Phi) is 8.94. The predicted molar refractivity (Wildman–Crippen MR) is 158 cm³/mol. The normalized spacial score (nSPS) is 12.0. The molecule has 13 nitrogen and oxygen atoms in total. The van der Waals surface area contributed by atoms with Crippen molar-refractivity contribution in [1.29, 1.82) is 0 Å². The first-order valence-electron chi connectivity index (χ1n) is 12.7. The van der Waals surface area contributed by atoms with Crippen molar-refractivity contribution in [2.45, 2.75) is 17.9 Å². The Bertz CT molecular complexity index is 1810. The number of rotatable bonds is 12. The molecule has 5 rings (SSSR count). The number of tetrazole rings is 1. The first-order valence-corrected chi connectivity index (χ1v) is 15.4. The zero-order chi connectivity index (χ0) is 30.4. The fourth-order valence-corrected chi connectivity index (χ4v) is 5.17. The smallest absolute Gasteiger partial charge is 0.257 e. The molecule has 222 valence electrons. The number of carbonyl (C=O) groups excluding carboxylic acids is 1. The van der Waals surface area contributed by atoms with E-state index in [0.29, 0.717) is 45.6 Å². The molecule has 0 radical (unpaired) electrons. The van der Waals surface area contributed by atoms with Crippen LogP contribution in [0.25, 0.3) is 11.4 Å². The third kappa shape index (κ3) is 7.91. The number of methoxy groups -OCH3 is 1. The van der Waals surface area contributed by atoms with Crippen LogP contribution in [-0.4, -0.2) is 66.0 Å². The number of ether oxygens (including phenoxy) is 4. The average Bonchev–Trinajstić information content (AvgIpc) is 3.66. The van der Waals surface area contributed by atoms with E-state index < -0.39 is 15.7 Å². The maximum absolute atomic E-state index is 13.3. The fourth-order valence-electron chi connectivity index (χ4n) is 3.85. The summed E-state index contributed by atoms with van der Waals surface area (Å²) >= 11 is 1.14. The highest BCUT2D eigenvalue weighted by Crippen LogP contribution is 2.33. The van der Waals surface area contributed by atoms with Gasteiger partial charge in [0.05, 0.1) is 17.7 Å². The number of aromatic nitrogens is 5. The van der Waals surface area contributed by atoms with Crippen LogP contribution in [-0.2, 0) is 14.6 Å². The molecule has 0 aliphatic heterocycles. The number of H-pyrrole nitrogens is 1. The van der Waals surface area contributed by atoms with E-state index in [1.165, 1.54) is 30.5 Å². The molecule has 0 aliphatic carbocycles. The van der Waals surface area contributed by atoms with Crippen molar-refractivity contribution in [3.05, 3.63) is 78.5 Å². The number of hydrogen-bond donors (Lipinski definition) is 2. The van der Waals surface area contributed by atoms with Gasteiger partial charge in [0.25, 0.3) is 5.91 Å². The molecule has 2 N–H and O–H groups in total. The summed E-state index contributed by atoms with van der Waals surface area (Å²) < 4.78 is 46.5. The minimum Gasteiger partial charge on any atom is -0.488 e. The van der Waals surface area contributed by atoms with Crippen molar-refractivity contribution in [2.75, 3.05) is 25.3 Å². The van der Waals surface area contributed by atoms with Gasteiger partial charge >= 0.3 is 0 Å². The van der Waals surface area contributed by atoms with Crippen LogP contribution in [0.5, 0.6) is 28.1 Å². The highest BCUT2D eigenvalue weighted by atomic mass is 32.2. The Morgan fingerprint density at radius 2 is 1.79 bits per heavy atom. The van der Waals surface area contributed by atoms with Gasteiger partial charge in [-0.25, -0.2) is 13.4 Å². The van der Waals surface area contributed by atoms with Crippen LogP contribution in [0, 0.1) is 0 Å². The van der Waals surface area contributed by atoms with E-state index >= 15 is 0 Å². The monoisotopic (exact) mass is 622 g/mol. The molecule has 0 bridgehead atoms. The minimum atomic E-state index is -3.36. The number of sulfone groups is 1. The Balaban J connectivity index is 1.32. The summed E-state index contributed by atoms with van der Waals surface area (Å²) in [6, 6.07) is 17.9. The van der Waals surface area contributed by atoms with Gasteiger partial charge in [-0.1, -0.05) is 23.5 Å². The molecule has 15 heteroatoms. The topological polar surface area (TPSA) is 168 Å². The average molecular weight is 623 g/mol. The second kappa shape index (κ2) is 13.0. The number of amides is 1. The minimum absolute atomic E-state index is 0.164. The first-order chi connectivity index (χ1) is 20.7. The van der Waals surface area contributed by atoms with Crippen molar-refractivity contribution >= 4 is 32.2 Å². The van der Waals surface area contributed by atoms with Crippen LogP contribution in [0.2, 0.25) is 0 Å². The largest absolute Gasteiger partial charge is 0.488 e. The van der Waals surface area contributed by atoms with Gasteiger partial charge in [0, 0.05) is 30.6 Å². The third-order valence-corrected chi connectivity index (χ3v) is 7.65. The maximum atomic E-state index is 13.3. The van der Waals surface area contributed by atoms with E-state index in [9.17, 15) is 13.2 Å². The van der Waals surface area contributed by atoms with E-state index in [-0.39, 0.29) is 16.6 Å². The van der Waals surface area contributed by atoms with Crippen LogP contribution in [0.1, 0.15) is 17.3 Å². The van der Waals surface area contributed by atoms with Crippen molar-refractivity contribution in [3.63, 3.8) is 0 Å². The Morgan fingerprint density at radius 3 is 2.51 bits per heavy atom. The summed E-state index contributed by atoms with van der Waals surface area (Å²) in [7, 11) is -1.79. The van der Waals surface area contributed by atoms with Gasteiger partial charge in [-0.3, -0.25) is 10.1 Å². The summed E-state index contributed by atoms with van der Waals surface area (Å²) in [6.45, 7) is 2.16. The molecule has 43 heavy (non-hydrogen) atoms. The molecule has 0 saturated carbocycles. The molecular formula is C28H26N6O7S2. The van der Waals surface area contributed by atoms with Crippen molar-refractivity contribution in [1.82, 2.24) is 25.6 Å².